The van der Waals surface area contributed by atoms with Crippen LogP contribution in [0, 0.1) is 20.8 Å². The van der Waals surface area contributed by atoms with E-state index in [4.69, 9.17) is 0 Å². The van der Waals surface area contributed by atoms with Gasteiger partial charge in [-0.15, -0.1) is 0 Å². The quantitative estimate of drug-likeness (QED) is 0.707. The number of nitrogens with zero attached hydrogens (tertiary/aromatic N) is 1. The lowest BCUT2D eigenvalue weighted by Crippen LogP contribution is -2.14. The normalized spacial score (nSPS) is 10.4. The van der Waals surface area contributed by atoms with E-state index in [1.807, 2.05) is 63.2 Å². The van der Waals surface area contributed by atoms with Crippen LogP contribution in [-0.4, -0.2) is 10.9 Å². The second-order valence-electron chi connectivity index (χ2n) is 6.17. The fourth-order valence-corrected chi connectivity index (χ4v) is 2.63. The molecule has 0 aliphatic heterocycles. The largest absolute Gasteiger partial charge is 0.354 e. The number of benzene rings is 2. The number of para-hydroxylation sites is 1. The van der Waals surface area contributed by atoms with Crippen LogP contribution in [0.3, 0.4) is 0 Å². The highest BCUT2D eigenvalue weighted by Gasteiger charge is 2.10. The number of nitrogens with one attached hydrogen (secondary N) is 2. The van der Waals surface area contributed by atoms with Gasteiger partial charge < -0.3 is 10.6 Å². The predicted molar refractivity (Wildman–Crippen MR) is 103 cm³/mol. The van der Waals surface area contributed by atoms with Gasteiger partial charge in [0.2, 0.25) is 0 Å². The minimum atomic E-state index is -0.169. The van der Waals surface area contributed by atoms with Gasteiger partial charge in [0.25, 0.3) is 5.91 Å². The zero-order valence-corrected chi connectivity index (χ0v) is 14.6. The average molecular weight is 331 g/mol. The zero-order valence-electron chi connectivity index (χ0n) is 14.6. The first kappa shape index (κ1) is 16.7. The highest BCUT2D eigenvalue weighted by Crippen LogP contribution is 2.21. The standard InChI is InChI=1S/C21H21N3O/c1-14-7-9-18(10-8-14)23-19-11-17(12-22-13-19)21(25)24-20-15(2)5-4-6-16(20)3/h4-13,23H,1-3H3,(H,24,25). The number of pyridine rings is 1. The number of aryl methyl sites for hydroxylation is 3. The van der Waals surface area contributed by atoms with Crippen LogP contribution < -0.4 is 10.6 Å². The molecule has 25 heavy (non-hydrogen) atoms. The van der Waals surface area contributed by atoms with Crippen LogP contribution >= 0.6 is 0 Å². The maximum Gasteiger partial charge on any atom is 0.257 e. The average Bonchev–Trinajstić information content (AvgIpc) is 2.60. The Morgan fingerprint density at radius 3 is 2.24 bits per heavy atom. The minimum absolute atomic E-state index is 0.169. The smallest absolute Gasteiger partial charge is 0.257 e. The summed E-state index contributed by atoms with van der Waals surface area (Å²) in [6.07, 6.45) is 3.28. The van der Waals surface area contributed by atoms with Gasteiger partial charge in [-0.3, -0.25) is 9.78 Å². The van der Waals surface area contributed by atoms with E-state index in [9.17, 15) is 4.79 Å². The summed E-state index contributed by atoms with van der Waals surface area (Å²) < 4.78 is 0. The van der Waals surface area contributed by atoms with Crippen LogP contribution in [0.5, 0.6) is 0 Å². The van der Waals surface area contributed by atoms with E-state index in [1.165, 1.54) is 5.56 Å². The maximum atomic E-state index is 12.6. The Bertz CT molecular complexity index is 881. The van der Waals surface area contributed by atoms with Crippen molar-refractivity contribution in [3.63, 3.8) is 0 Å². The van der Waals surface area contributed by atoms with Crippen molar-refractivity contribution in [3.05, 3.63) is 83.2 Å². The lowest BCUT2D eigenvalue weighted by atomic mass is 10.1. The van der Waals surface area contributed by atoms with Crippen molar-refractivity contribution in [3.8, 4) is 0 Å². The van der Waals surface area contributed by atoms with E-state index in [2.05, 4.69) is 15.6 Å². The third-order valence-electron chi connectivity index (χ3n) is 4.06. The lowest BCUT2D eigenvalue weighted by molar-refractivity contribution is 0.102. The summed E-state index contributed by atoms with van der Waals surface area (Å²) in [6.45, 7) is 6.01. The van der Waals surface area contributed by atoms with Gasteiger partial charge in [0.15, 0.2) is 0 Å². The van der Waals surface area contributed by atoms with E-state index in [1.54, 1.807) is 18.5 Å². The third-order valence-corrected chi connectivity index (χ3v) is 4.06. The topological polar surface area (TPSA) is 54.0 Å². The summed E-state index contributed by atoms with van der Waals surface area (Å²) in [6, 6.07) is 15.8. The molecule has 0 radical (unpaired) electrons. The van der Waals surface area contributed by atoms with Gasteiger partial charge >= 0.3 is 0 Å². The Kier molecular flexibility index (Phi) is 4.80. The zero-order chi connectivity index (χ0) is 17.8. The number of rotatable bonds is 4. The molecule has 0 atom stereocenters. The molecule has 2 aromatic carbocycles. The van der Waals surface area contributed by atoms with Crippen LogP contribution in [-0.2, 0) is 0 Å². The van der Waals surface area contributed by atoms with Gasteiger partial charge in [0.1, 0.15) is 0 Å². The molecule has 0 aliphatic carbocycles. The molecule has 0 bridgehead atoms. The molecule has 1 amide bonds. The molecule has 0 spiro atoms. The Labute approximate surface area is 147 Å². The van der Waals surface area contributed by atoms with Crippen molar-refractivity contribution >= 4 is 23.0 Å². The number of amides is 1. The summed E-state index contributed by atoms with van der Waals surface area (Å²) in [7, 11) is 0. The molecule has 0 unspecified atom stereocenters. The van der Waals surface area contributed by atoms with Gasteiger partial charge in [-0.25, -0.2) is 0 Å². The van der Waals surface area contributed by atoms with Crippen LogP contribution in [0.1, 0.15) is 27.0 Å². The minimum Gasteiger partial charge on any atom is -0.354 e. The fraction of sp³-hybridized carbons (Fsp3) is 0.143. The summed E-state index contributed by atoms with van der Waals surface area (Å²) in [4.78, 5) is 16.8. The molecule has 126 valence electrons. The van der Waals surface area contributed by atoms with Crippen LogP contribution in [0.25, 0.3) is 0 Å². The lowest BCUT2D eigenvalue weighted by Gasteiger charge is -2.12. The van der Waals surface area contributed by atoms with Crippen molar-refractivity contribution in [2.24, 2.45) is 0 Å². The highest BCUT2D eigenvalue weighted by molar-refractivity contribution is 6.05. The van der Waals surface area contributed by atoms with Crippen molar-refractivity contribution in [2.75, 3.05) is 10.6 Å². The van der Waals surface area contributed by atoms with E-state index >= 15 is 0 Å². The number of hydrogen-bond acceptors (Lipinski definition) is 3. The third kappa shape index (κ3) is 4.04. The molecule has 1 heterocycles. The van der Waals surface area contributed by atoms with Gasteiger partial charge in [0.05, 0.1) is 17.4 Å². The van der Waals surface area contributed by atoms with Crippen LogP contribution in [0.4, 0.5) is 17.1 Å². The van der Waals surface area contributed by atoms with Gasteiger partial charge in [-0.2, -0.15) is 0 Å². The molecule has 1 aromatic heterocycles. The second kappa shape index (κ2) is 7.18. The molecule has 0 aliphatic rings. The first-order valence-electron chi connectivity index (χ1n) is 8.19. The number of carbonyl (C=O) groups excluding carboxylic acids is 1. The summed E-state index contributed by atoms with van der Waals surface area (Å²) in [5.41, 5.74) is 6.37. The van der Waals surface area contributed by atoms with E-state index < -0.39 is 0 Å². The molecular weight excluding hydrogens is 310 g/mol. The molecule has 0 fully saturated rings. The molecule has 0 saturated carbocycles. The number of anilines is 3. The van der Waals surface area contributed by atoms with Crippen molar-refractivity contribution in [2.45, 2.75) is 20.8 Å². The molecule has 0 saturated heterocycles. The molecule has 4 heteroatoms. The van der Waals surface area contributed by atoms with E-state index in [-0.39, 0.29) is 5.91 Å². The van der Waals surface area contributed by atoms with Gasteiger partial charge in [-0.1, -0.05) is 35.9 Å². The Hall–Kier alpha value is -3.14. The Morgan fingerprint density at radius 2 is 1.56 bits per heavy atom. The maximum absolute atomic E-state index is 12.6. The van der Waals surface area contributed by atoms with Crippen molar-refractivity contribution in [1.82, 2.24) is 4.98 Å². The second-order valence-corrected chi connectivity index (χ2v) is 6.17. The number of carbonyl (C=O) groups is 1. The monoisotopic (exact) mass is 331 g/mol. The van der Waals surface area contributed by atoms with E-state index in [0.717, 1.165) is 28.2 Å². The molecule has 2 N–H and O–H groups in total. The first-order valence-corrected chi connectivity index (χ1v) is 8.19. The molecule has 4 nitrogen and oxygen atoms in total. The molecule has 3 rings (SSSR count). The SMILES string of the molecule is Cc1ccc(Nc2cncc(C(=O)Nc3c(C)cccc3C)c2)cc1. The fourth-order valence-electron chi connectivity index (χ4n) is 2.63. The van der Waals surface area contributed by atoms with E-state index in [0.29, 0.717) is 5.56 Å². The van der Waals surface area contributed by atoms with Gasteiger partial charge in [-0.05, 0) is 50.1 Å². The summed E-state index contributed by atoms with van der Waals surface area (Å²) in [5, 5.41) is 6.26. The van der Waals surface area contributed by atoms with Crippen molar-refractivity contribution < 1.29 is 4.79 Å². The Morgan fingerprint density at radius 1 is 0.880 bits per heavy atom. The van der Waals surface area contributed by atoms with Gasteiger partial charge in [0, 0.05) is 17.6 Å². The Balaban J connectivity index is 1.78. The van der Waals surface area contributed by atoms with Crippen LogP contribution in [0.2, 0.25) is 0 Å². The molecule has 3 aromatic rings. The van der Waals surface area contributed by atoms with Crippen LogP contribution in [0.15, 0.2) is 60.9 Å². The first-order chi connectivity index (χ1) is 12.0. The summed E-state index contributed by atoms with van der Waals surface area (Å²) in [5.74, 6) is -0.169. The number of hydrogen-bond donors (Lipinski definition) is 2. The molecular formula is C21H21N3O. The summed E-state index contributed by atoms with van der Waals surface area (Å²) >= 11 is 0. The highest BCUT2D eigenvalue weighted by atomic mass is 16.1. The predicted octanol–water partition coefficient (Wildman–Crippen LogP) is 5.00. The van der Waals surface area contributed by atoms with Crippen molar-refractivity contribution in [1.29, 1.82) is 0 Å². The number of aromatic nitrogens is 1.